The molecule has 1 saturated carbocycles. The topological polar surface area (TPSA) is 46.2 Å². The van der Waals surface area contributed by atoms with Crippen LogP contribution in [0.4, 0.5) is 0 Å². The van der Waals surface area contributed by atoms with Gasteiger partial charge in [-0.15, -0.1) is 11.3 Å². The van der Waals surface area contributed by atoms with Crippen LogP contribution in [-0.4, -0.2) is 8.42 Å². The molecule has 1 N–H and O–H groups in total. The van der Waals surface area contributed by atoms with E-state index in [1.54, 1.807) is 12.1 Å². The summed E-state index contributed by atoms with van der Waals surface area (Å²) in [6, 6.07) is 13.2. The van der Waals surface area contributed by atoms with Crippen LogP contribution in [0.5, 0.6) is 0 Å². The number of sulfonamides is 1. The minimum atomic E-state index is -3.47. The summed E-state index contributed by atoms with van der Waals surface area (Å²) in [5.74, 6) is 0. The highest BCUT2D eigenvalue weighted by Crippen LogP contribution is 2.42. The van der Waals surface area contributed by atoms with Gasteiger partial charge in [-0.05, 0) is 52.9 Å². The molecule has 0 atom stereocenters. The van der Waals surface area contributed by atoms with Gasteiger partial charge in [-0.1, -0.05) is 30.3 Å². The first-order valence-electron chi connectivity index (χ1n) is 6.37. The second-order valence-corrected chi connectivity index (χ2v) is 9.34. The van der Waals surface area contributed by atoms with Crippen LogP contribution >= 0.6 is 27.3 Å². The van der Waals surface area contributed by atoms with E-state index in [0.717, 1.165) is 28.6 Å². The third-order valence-corrected chi connectivity index (χ3v) is 7.33. The first kappa shape index (κ1) is 14.3. The van der Waals surface area contributed by atoms with Crippen molar-refractivity contribution in [3.05, 3.63) is 51.8 Å². The first-order valence-corrected chi connectivity index (χ1v) is 9.46. The largest absolute Gasteiger partial charge is 0.250 e. The molecule has 6 heteroatoms. The van der Waals surface area contributed by atoms with Crippen LogP contribution in [0.3, 0.4) is 0 Å². The van der Waals surface area contributed by atoms with Crippen LogP contribution in [0.25, 0.3) is 0 Å². The molecule has 0 saturated heterocycles. The van der Waals surface area contributed by atoms with Gasteiger partial charge in [0, 0.05) is 0 Å². The van der Waals surface area contributed by atoms with E-state index in [1.807, 2.05) is 30.3 Å². The van der Waals surface area contributed by atoms with Crippen LogP contribution in [0, 0.1) is 0 Å². The maximum atomic E-state index is 12.5. The Hall–Kier alpha value is -0.690. The van der Waals surface area contributed by atoms with Crippen LogP contribution in [-0.2, 0) is 15.6 Å². The van der Waals surface area contributed by atoms with E-state index in [1.165, 1.54) is 11.3 Å². The molecule has 0 radical (unpaired) electrons. The van der Waals surface area contributed by atoms with Gasteiger partial charge in [0.1, 0.15) is 4.21 Å². The minimum Gasteiger partial charge on any atom is -0.206 e. The molecule has 2 aromatic rings. The number of nitrogens with one attached hydrogen (secondary N) is 1. The van der Waals surface area contributed by atoms with Crippen molar-refractivity contribution in [2.24, 2.45) is 0 Å². The summed E-state index contributed by atoms with van der Waals surface area (Å²) < 4.78 is 29.1. The lowest BCUT2D eigenvalue weighted by molar-refractivity contribution is 0.224. The monoisotopic (exact) mass is 371 g/mol. The smallest absolute Gasteiger partial charge is 0.206 e. The highest BCUT2D eigenvalue weighted by atomic mass is 79.9. The number of rotatable bonds is 4. The minimum absolute atomic E-state index is 0.353. The Labute approximate surface area is 131 Å². The molecule has 1 aromatic carbocycles. The van der Waals surface area contributed by atoms with E-state index in [9.17, 15) is 8.42 Å². The van der Waals surface area contributed by atoms with Gasteiger partial charge in [-0.25, -0.2) is 8.42 Å². The Morgan fingerprint density at radius 1 is 1.10 bits per heavy atom. The molecular formula is C14H14BrNO2S2. The van der Waals surface area contributed by atoms with Gasteiger partial charge < -0.3 is 0 Å². The number of hydrogen-bond acceptors (Lipinski definition) is 3. The molecular weight excluding hydrogens is 358 g/mol. The zero-order valence-corrected chi connectivity index (χ0v) is 13.9. The van der Waals surface area contributed by atoms with E-state index in [4.69, 9.17) is 0 Å². The van der Waals surface area contributed by atoms with Crippen molar-refractivity contribution in [3.8, 4) is 0 Å². The van der Waals surface area contributed by atoms with E-state index in [0.29, 0.717) is 4.21 Å². The van der Waals surface area contributed by atoms with Crippen molar-refractivity contribution < 1.29 is 8.42 Å². The quantitative estimate of drug-likeness (QED) is 0.886. The number of thiophene rings is 1. The lowest BCUT2D eigenvalue weighted by Gasteiger charge is -2.42. The molecule has 1 aliphatic carbocycles. The third kappa shape index (κ3) is 2.57. The highest BCUT2D eigenvalue weighted by Gasteiger charge is 2.42. The predicted molar refractivity (Wildman–Crippen MR) is 84.3 cm³/mol. The van der Waals surface area contributed by atoms with Gasteiger partial charge in [0.05, 0.1) is 9.33 Å². The molecule has 1 aliphatic rings. The average molecular weight is 372 g/mol. The van der Waals surface area contributed by atoms with Gasteiger partial charge in [-0.2, -0.15) is 4.72 Å². The van der Waals surface area contributed by atoms with Crippen molar-refractivity contribution in [2.45, 2.75) is 29.0 Å². The van der Waals surface area contributed by atoms with Gasteiger partial charge >= 0.3 is 0 Å². The molecule has 20 heavy (non-hydrogen) atoms. The van der Waals surface area contributed by atoms with Crippen molar-refractivity contribution in [1.82, 2.24) is 4.72 Å². The normalized spacial score (nSPS) is 17.6. The lowest BCUT2D eigenvalue weighted by atomic mass is 9.73. The van der Waals surface area contributed by atoms with Crippen LogP contribution in [0.15, 0.2) is 50.5 Å². The van der Waals surface area contributed by atoms with Crippen molar-refractivity contribution >= 4 is 37.3 Å². The molecule has 1 heterocycles. The third-order valence-electron chi connectivity index (χ3n) is 3.68. The lowest BCUT2D eigenvalue weighted by Crippen LogP contribution is -2.50. The number of halogens is 1. The fraction of sp³-hybridized carbons (Fsp3) is 0.286. The SMILES string of the molecule is O=S(=O)(NC1(c2ccccc2)CCC1)c1ccc(Br)s1. The van der Waals surface area contributed by atoms with Crippen molar-refractivity contribution in [3.63, 3.8) is 0 Å². The summed E-state index contributed by atoms with van der Waals surface area (Å²) in [7, 11) is -3.47. The van der Waals surface area contributed by atoms with Crippen LogP contribution in [0.1, 0.15) is 24.8 Å². The van der Waals surface area contributed by atoms with Crippen LogP contribution < -0.4 is 4.72 Å². The Balaban J connectivity index is 1.93. The summed E-state index contributed by atoms with van der Waals surface area (Å²) >= 11 is 4.54. The zero-order chi connectivity index (χ0) is 14.2. The Morgan fingerprint density at radius 2 is 1.80 bits per heavy atom. The highest BCUT2D eigenvalue weighted by molar-refractivity contribution is 9.11. The molecule has 0 aliphatic heterocycles. The second-order valence-electron chi connectivity index (χ2n) is 4.97. The summed E-state index contributed by atoms with van der Waals surface area (Å²) in [5, 5.41) is 0. The maximum absolute atomic E-state index is 12.5. The fourth-order valence-corrected chi connectivity index (χ4v) is 5.95. The first-order chi connectivity index (χ1) is 9.52. The summed E-state index contributed by atoms with van der Waals surface area (Å²) in [6.45, 7) is 0. The summed E-state index contributed by atoms with van der Waals surface area (Å²) in [5.41, 5.74) is 0.613. The Bertz CT molecular complexity index is 706. The molecule has 0 amide bonds. The van der Waals surface area contributed by atoms with E-state index < -0.39 is 15.6 Å². The second kappa shape index (κ2) is 5.26. The van der Waals surface area contributed by atoms with E-state index >= 15 is 0 Å². The summed E-state index contributed by atoms with van der Waals surface area (Å²) in [4.78, 5) is 0. The molecule has 3 nitrogen and oxygen atoms in total. The standard InChI is InChI=1S/C14H14BrNO2S2/c15-12-7-8-13(19-12)20(17,18)16-14(9-4-10-14)11-5-2-1-3-6-11/h1-3,5-8,16H,4,9-10H2. The Morgan fingerprint density at radius 3 is 2.30 bits per heavy atom. The van der Waals surface area contributed by atoms with Crippen molar-refractivity contribution in [2.75, 3.05) is 0 Å². The molecule has 0 spiro atoms. The van der Waals surface area contributed by atoms with Gasteiger partial charge in [0.2, 0.25) is 0 Å². The molecule has 106 valence electrons. The van der Waals surface area contributed by atoms with E-state index in [-0.39, 0.29) is 0 Å². The zero-order valence-electron chi connectivity index (χ0n) is 10.7. The average Bonchev–Trinajstić information content (AvgIpc) is 2.83. The van der Waals surface area contributed by atoms with E-state index in [2.05, 4.69) is 20.7 Å². The van der Waals surface area contributed by atoms with Crippen LogP contribution in [0.2, 0.25) is 0 Å². The van der Waals surface area contributed by atoms with Gasteiger partial charge in [0.25, 0.3) is 10.0 Å². The molecule has 3 rings (SSSR count). The molecule has 0 unspecified atom stereocenters. The number of benzene rings is 1. The van der Waals surface area contributed by atoms with Gasteiger partial charge in [-0.3, -0.25) is 0 Å². The molecule has 0 bridgehead atoms. The molecule has 1 fully saturated rings. The fourth-order valence-electron chi connectivity index (χ4n) is 2.49. The predicted octanol–water partition coefficient (Wildman–Crippen LogP) is 3.87. The summed E-state index contributed by atoms with van der Waals surface area (Å²) in [6.07, 6.45) is 2.75. The Kier molecular flexibility index (Phi) is 3.75. The van der Waals surface area contributed by atoms with Gasteiger partial charge in [0.15, 0.2) is 0 Å². The number of hydrogen-bond donors (Lipinski definition) is 1. The van der Waals surface area contributed by atoms with Crippen molar-refractivity contribution in [1.29, 1.82) is 0 Å². The maximum Gasteiger partial charge on any atom is 0.250 e. The molecule has 1 aromatic heterocycles.